The number of nitrogens with zero attached hydrogens (tertiary/aromatic N) is 2. The van der Waals surface area contributed by atoms with Crippen LogP contribution in [0.2, 0.25) is 0 Å². The van der Waals surface area contributed by atoms with Gasteiger partial charge < -0.3 is 36.4 Å². The van der Waals surface area contributed by atoms with Crippen molar-refractivity contribution in [2.45, 2.75) is 156 Å². The third-order valence-corrected chi connectivity index (χ3v) is 9.92. The van der Waals surface area contributed by atoms with Crippen molar-refractivity contribution in [3.63, 3.8) is 0 Å². The highest BCUT2D eigenvalue weighted by atomic mass is 16.2. The molecule has 0 radical (unpaired) electrons. The maximum absolute atomic E-state index is 14.3. The maximum Gasteiger partial charge on any atom is 0.245 e. The molecule has 5 N–H and O–H groups in total. The van der Waals surface area contributed by atoms with Gasteiger partial charge >= 0.3 is 0 Å². The van der Waals surface area contributed by atoms with Crippen molar-refractivity contribution in [3.8, 4) is 0 Å². The average Bonchev–Trinajstić information content (AvgIpc) is 3.77. The number of nitrogens with one attached hydrogen (secondary N) is 5. The van der Waals surface area contributed by atoms with Gasteiger partial charge in [-0.15, -0.1) is 0 Å². The fourth-order valence-electron chi connectivity index (χ4n) is 7.32. The summed E-state index contributed by atoms with van der Waals surface area (Å²) < 4.78 is 0. The second kappa shape index (κ2) is 19.9. The van der Waals surface area contributed by atoms with Gasteiger partial charge in [0, 0.05) is 26.1 Å². The molecule has 52 heavy (non-hydrogen) atoms. The summed E-state index contributed by atoms with van der Waals surface area (Å²) in [5, 5.41) is 14.3. The molecule has 294 valence electrons. The molecular weight excluding hydrogens is 666 g/mol. The zero-order valence-electron chi connectivity index (χ0n) is 32.7. The second-order valence-corrected chi connectivity index (χ2v) is 16.6. The van der Waals surface area contributed by atoms with Crippen molar-refractivity contribution in [2.75, 3.05) is 19.6 Å². The first-order valence-corrected chi connectivity index (χ1v) is 19.6. The molecule has 0 aromatic rings. The van der Waals surface area contributed by atoms with Crippen molar-refractivity contribution in [3.05, 3.63) is 0 Å². The lowest BCUT2D eigenvalue weighted by atomic mass is 9.97. The highest BCUT2D eigenvalue weighted by Gasteiger charge is 2.41. The van der Waals surface area contributed by atoms with Crippen LogP contribution in [-0.4, -0.2) is 107 Å². The van der Waals surface area contributed by atoms with Crippen LogP contribution >= 0.6 is 0 Å². The minimum Gasteiger partial charge on any atom is -0.343 e. The van der Waals surface area contributed by atoms with Gasteiger partial charge in [-0.3, -0.25) is 33.6 Å². The Hall–Kier alpha value is -3.71. The first-order chi connectivity index (χ1) is 24.5. The van der Waals surface area contributed by atoms with Crippen LogP contribution in [0.3, 0.4) is 0 Å². The molecule has 14 heteroatoms. The molecule has 3 aliphatic rings. The number of rotatable bonds is 11. The summed E-state index contributed by atoms with van der Waals surface area (Å²) in [6.45, 7) is 16.9. The van der Waals surface area contributed by atoms with E-state index in [4.69, 9.17) is 0 Å². The van der Waals surface area contributed by atoms with Crippen LogP contribution < -0.4 is 26.6 Å². The van der Waals surface area contributed by atoms with E-state index in [1.165, 1.54) is 4.90 Å². The Kier molecular flexibility index (Phi) is 16.4. The normalized spacial score (nSPS) is 27.3. The maximum atomic E-state index is 14.3. The molecule has 0 aromatic carbocycles. The van der Waals surface area contributed by atoms with Crippen LogP contribution in [0.5, 0.6) is 0 Å². The minimum atomic E-state index is -1.13. The van der Waals surface area contributed by atoms with Crippen LogP contribution in [0.15, 0.2) is 0 Å². The zero-order chi connectivity index (χ0) is 38.7. The Bertz CT molecular complexity index is 1280. The van der Waals surface area contributed by atoms with Crippen molar-refractivity contribution in [2.24, 2.45) is 23.7 Å². The average molecular weight is 732 g/mol. The molecule has 3 rings (SSSR count). The molecule has 0 bridgehead atoms. The minimum absolute atomic E-state index is 0.00129. The Morgan fingerprint density at radius 2 is 0.904 bits per heavy atom. The van der Waals surface area contributed by atoms with Crippen LogP contribution in [-0.2, 0) is 33.6 Å². The first-order valence-electron chi connectivity index (χ1n) is 19.6. The van der Waals surface area contributed by atoms with Gasteiger partial charge in [-0.05, 0) is 81.5 Å². The largest absolute Gasteiger partial charge is 0.343 e. The van der Waals surface area contributed by atoms with Crippen LogP contribution in [0.1, 0.15) is 120 Å². The molecule has 14 nitrogen and oxygen atoms in total. The zero-order valence-corrected chi connectivity index (χ0v) is 32.7. The lowest BCUT2D eigenvalue weighted by Crippen LogP contribution is -2.61. The fourth-order valence-corrected chi connectivity index (χ4v) is 7.32. The van der Waals surface area contributed by atoms with Gasteiger partial charge in [0.1, 0.15) is 36.3 Å². The van der Waals surface area contributed by atoms with Crippen LogP contribution in [0.4, 0.5) is 0 Å². The van der Waals surface area contributed by atoms with Crippen LogP contribution in [0.25, 0.3) is 0 Å². The van der Waals surface area contributed by atoms with Gasteiger partial charge in [-0.2, -0.15) is 0 Å². The molecule has 3 heterocycles. The predicted molar refractivity (Wildman–Crippen MR) is 197 cm³/mol. The Balaban J connectivity index is 2.06. The molecule has 3 aliphatic heterocycles. The molecular formula is C38H65N7O7. The fraction of sp³-hybridized carbons (Fsp3) is 0.816. The SMILES string of the molecule is CC(C)C[C@@H]1NC(=O)[C@@H](CC(C)C)NC(=O)[C@@H](CC(C)C)NC(=O)[C@@H](CC(C)C)NC(=O)[C@H]2CCCN2C(=O)C(CCC(=O)N2CCCC2)NC1=O. The summed E-state index contributed by atoms with van der Waals surface area (Å²) in [7, 11) is 0. The van der Waals surface area contributed by atoms with E-state index >= 15 is 0 Å². The second-order valence-electron chi connectivity index (χ2n) is 16.6. The van der Waals surface area contributed by atoms with Gasteiger partial charge in [-0.1, -0.05) is 55.4 Å². The van der Waals surface area contributed by atoms with Gasteiger partial charge in [0.05, 0.1) is 0 Å². The van der Waals surface area contributed by atoms with Crippen molar-refractivity contribution < 1.29 is 33.6 Å². The molecule has 3 fully saturated rings. The number of amides is 7. The van der Waals surface area contributed by atoms with Gasteiger partial charge in [-0.25, -0.2) is 0 Å². The van der Waals surface area contributed by atoms with Crippen LogP contribution in [0, 0.1) is 23.7 Å². The number of likely N-dealkylation sites (tertiary alicyclic amines) is 1. The van der Waals surface area contributed by atoms with E-state index in [0.717, 1.165) is 12.8 Å². The quantitative estimate of drug-likeness (QED) is 0.215. The van der Waals surface area contributed by atoms with E-state index in [0.29, 0.717) is 38.8 Å². The molecule has 0 spiro atoms. The number of carbonyl (C=O) groups excluding carboxylic acids is 7. The third kappa shape index (κ3) is 12.8. The van der Waals surface area contributed by atoms with E-state index in [-0.39, 0.29) is 61.8 Å². The summed E-state index contributed by atoms with van der Waals surface area (Å²) >= 11 is 0. The van der Waals surface area contributed by atoms with Gasteiger partial charge in [0.15, 0.2) is 0 Å². The highest BCUT2D eigenvalue weighted by Crippen LogP contribution is 2.22. The lowest BCUT2D eigenvalue weighted by molar-refractivity contribution is -0.143. The van der Waals surface area contributed by atoms with Gasteiger partial charge in [0.25, 0.3) is 0 Å². The smallest absolute Gasteiger partial charge is 0.245 e. The summed E-state index contributed by atoms with van der Waals surface area (Å²) in [4.78, 5) is 100. The molecule has 0 saturated carbocycles. The number of hydrogen-bond donors (Lipinski definition) is 5. The predicted octanol–water partition coefficient (Wildman–Crippen LogP) is 2.00. The summed E-state index contributed by atoms with van der Waals surface area (Å²) in [6.07, 6.45) is 3.90. The molecule has 0 aromatic heterocycles. The Labute approximate surface area is 310 Å². The van der Waals surface area contributed by atoms with E-state index in [2.05, 4.69) is 26.6 Å². The van der Waals surface area contributed by atoms with E-state index < -0.39 is 71.7 Å². The van der Waals surface area contributed by atoms with Crippen molar-refractivity contribution in [1.82, 2.24) is 36.4 Å². The molecule has 0 aliphatic carbocycles. The van der Waals surface area contributed by atoms with E-state index in [1.807, 2.05) is 55.4 Å². The molecule has 3 saturated heterocycles. The van der Waals surface area contributed by atoms with E-state index in [1.54, 1.807) is 4.90 Å². The Morgan fingerprint density at radius 1 is 0.538 bits per heavy atom. The summed E-state index contributed by atoms with van der Waals surface area (Å²) in [6, 6.07) is -6.03. The summed E-state index contributed by atoms with van der Waals surface area (Å²) in [5.41, 5.74) is 0. The third-order valence-electron chi connectivity index (χ3n) is 9.92. The Morgan fingerprint density at radius 3 is 1.29 bits per heavy atom. The highest BCUT2D eigenvalue weighted by molar-refractivity contribution is 5.98. The first kappa shape index (κ1) is 42.7. The molecule has 6 atom stereocenters. The molecule has 7 amide bonds. The topological polar surface area (TPSA) is 186 Å². The standard InChI is InChI=1S/C38H65N7O7/c1-22(2)18-27-33(47)39-26(13-14-32(46)44-15-9-10-16-44)38(52)45-17-11-12-31(45)37(51)43-30(21-25(7)8)36(50)42-29(20-24(5)6)35(49)41-28(19-23(3)4)34(48)40-27/h22-31H,9-21H2,1-8H3,(H,39,47)(H,40,48)(H,41,49)(H,42,50)(H,43,51)/t26?,27-,28+,29+,30+,31+/m0/s1. The number of carbonyl (C=O) groups is 7. The number of fused-ring (bicyclic) bond motifs is 1. The van der Waals surface area contributed by atoms with Crippen molar-refractivity contribution in [1.29, 1.82) is 0 Å². The molecule has 1 unspecified atom stereocenters. The van der Waals surface area contributed by atoms with E-state index in [9.17, 15) is 33.6 Å². The van der Waals surface area contributed by atoms with Gasteiger partial charge in [0.2, 0.25) is 41.4 Å². The monoisotopic (exact) mass is 731 g/mol. The number of hydrogen-bond acceptors (Lipinski definition) is 7. The van der Waals surface area contributed by atoms with Crippen molar-refractivity contribution >= 4 is 41.4 Å². The lowest BCUT2D eigenvalue weighted by Gasteiger charge is -2.32. The summed E-state index contributed by atoms with van der Waals surface area (Å²) in [5.74, 6) is -3.24.